The van der Waals surface area contributed by atoms with Crippen LogP contribution in [0.4, 0.5) is 0 Å². The van der Waals surface area contributed by atoms with Crippen LogP contribution in [0.5, 0.6) is 0 Å². The lowest BCUT2D eigenvalue weighted by Crippen LogP contribution is -2.56. The molecule has 0 radical (unpaired) electrons. The van der Waals surface area contributed by atoms with Crippen molar-refractivity contribution in [1.82, 2.24) is 30.0 Å². The molecule has 31 heavy (non-hydrogen) atoms. The van der Waals surface area contributed by atoms with E-state index in [0.717, 1.165) is 44.7 Å². The Kier molecular flexibility index (Phi) is 6.05. The molecule has 3 fully saturated rings. The maximum Gasteiger partial charge on any atom is 0.243 e. The van der Waals surface area contributed by atoms with Crippen molar-refractivity contribution < 1.29 is 9.59 Å². The zero-order valence-corrected chi connectivity index (χ0v) is 19.3. The summed E-state index contributed by atoms with van der Waals surface area (Å²) in [4.78, 5) is 41.5. The van der Waals surface area contributed by atoms with Crippen LogP contribution in [0.2, 0.25) is 0 Å². The first-order valence-electron chi connectivity index (χ1n) is 11.4. The normalized spacial score (nSPS) is 26.8. The molecule has 1 spiro atoms. The summed E-state index contributed by atoms with van der Waals surface area (Å²) in [5, 5.41) is 3.31. The van der Waals surface area contributed by atoms with E-state index in [1.54, 1.807) is 12.4 Å². The van der Waals surface area contributed by atoms with Crippen LogP contribution in [0, 0.1) is 5.41 Å². The molecule has 8 nitrogen and oxygen atoms in total. The van der Waals surface area contributed by atoms with Crippen molar-refractivity contribution in [3.05, 3.63) is 24.3 Å². The van der Waals surface area contributed by atoms with Crippen LogP contribution in [0.15, 0.2) is 18.5 Å². The summed E-state index contributed by atoms with van der Waals surface area (Å²) < 4.78 is 0. The highest BCUT2D eigenvalue weighted by Crippen LogP contribution is 2.34. The Morgan fingerprint density at radius 3 is 2.52 bits per heavy atom. The third kappa shape index (κ3) is 5.06. The molecule has 0 saturated carbocycles. The molecule has 4 rings (SSSR count). The van der Waals surface area contributed by atoms with Crippen LogP contribution in [0.1, 0.15) is 52.3 Å². The van der Waals surface area contributed by atoms with Crippen LogP contribution < -0.4 is 5.32 Å². The summed E-state index contributed by atoms with van der Waals surface area (Å²) in [5.74, 6) is 0.956. The summed E-state index contributed by atoms with van der Waals surface area (Å²) >= 11 is 0. The number of aromatic nitrogens is 2. The Labute approximate surface area is 185 Å². The second-order valence-corrected chi connectivity index (χ2v) is 10.8. The third-order valence-electron chi connectivity index (χ3n) is 6.92. The molecule has 0 unspecified atom stereocenters. The van der Waals surface area contributed by atoms with E-state index in [-0.39, 0.29) is 29.3 Å². The number of likely N-dealkylation sites (N-methyl/N-ethyl adjacent to an activating group) is 1. The second kappa shape index (κ2) is 8.47. The number of amides is 2. The van der Waals surface area contributed by atoms with Crippen LogP contribution in [-0.2, 0) is 16.1 Å². The molecular weight excluding hydrogens is 392 g/mol. The number of nitrogens with zero attached hydrogens (tertiary/aromatic N) is 5. The van der Waals surface area contributed by atoms with E-state index in [2.05, 4.69) is 52.9 Å². The van der Waals surface area contributed by atoms with Gasteiger partial charge in [-0.3, -0.25) is 14.5 Å². The van der Waals surface area contributed by atoms with Crippen molar-refractivity contribution in [1.29, 1.82) is 0 Å². The van der Waals surface area contributed by atoms with E-state index >= 15 is 0 Å². The van der Waals surface area contributed by atoms with Gasteiger partial charge in [-0.1, -0.05) is 20.8 Å². The fourth-order valence-corrected chi connectivity index (χ4v) is 5.37. The lowest BCUT2D eigenvalue weighted by atomic mass is 9.84. The largest absolute Gasteiger partial charge is 0.348 e. The van der Waals surface area contributed by atoms with Crippen LogP contribution in [-0.4, -0.2) is 87.3 Å². The van der Waals surface area contributed by atoms with Gasteiger partial charge in [-0.2, -0.15) is 0 Å². The van der Waals surface area contributed by atoms with Gasteiger partial charge < -0.3 is 15.1 Å². The van der Waals surface area contributed by atoms with E-state index in [4.69, 9.17) is 0 Å². The maximum atomic E-state index is 13.2. The van der Waals surface area contributed by atoms with Gasteiger partial charge in [0.1, 0.15) is 11.9 Å². The Hall–Kier alpha value is -2.06. The topological polar surface area (TPSA) is 81.7 Å². The second-order valence-electron chi connectivity index (χ2n) is 10.8. The summed E-state index contributed by atoms with van der Waals surface area (Å²) in [6, 6.07) is 1.72. The van der Waals surface area contributed by atoms with Gasteiger partial charge in [-0.05, 0) is 37.8 Å². The van der Waals surface area contributed by atoms with Crippen molar-refractivity contribution in [3.8, 4) is 0 Å². The predicted octanol–water partition coefficient (Wildman–Crippen LogP) is 1.28. The first-order valence-corrected chi connectivity index (χ1v) is 11.4. The summed E-state index contributed by atoms with van der Waals surface area (Å²) in [5.41, 5.74) is -0.233. The average Bonchev–Trinajstić information content (AvgIpc) is 3.12. The number of hydrogen-bond acceptors (Lipinski definition) is 6. The highest BCUT2D eigenvalue weighted by atomic mass is 16.2. The average molecular weight is 429 g/mol. The summed E-state index contributed by atoms with van der Waals surface area (Å²) in [7, 11) is 2.11. The molecule has 0 aromatic carbocycles. The number of fused-ring (bicyclic) bond motifs is 1. The highest BCUT2D eigenvalue weighted by Gasteiger charge is 2.49. The number of likely N-dealkylation sites (tertiary alicyclic amines) is 1. The highest BCUT2D eigenvalue weighted by molar-refractivity contribution is 5.92. The smallest absolute Gasteiger partial charge is 0.243 e. The SMILES string of the molecule is CN(CC(C)(C)C)[C@H]1C[C@H]2C(=O)NC3(CCN(Cc4ncccn4)CC3)CC(=O)N2C1. The minimum absolute atomic E-state index is 0.0253. The van der Waals surface area contributed by atoms with E-state index in [0.29, 0.717) is 19.5 Å². The molecule has 1 aromatic rings. The number of hydrogen-bond donors (Lipinski definition) is 1. The van der Waals surface area contributed by atoms with E-state index in [1.807, 2.05) is 11.0 Å². The zero-order chi connectivity index (χ0) is 22.2. The number of nitrogens with one attached hydrogen (secondary N) is 1. The standard InChI is InChI=1S/C23H36N6O2/c1-22(2,3)16-27(4)17-12-18-21(31)26-23(13-20(30)29(18)14-17)6-10-28(11-7-23)15-19-24-8-5-9-25-19/h5,8-9,17-18H,6-7,10-16H2,1-4H3,(H,26,31)/t17-,18-/m0/s1. The van der Waals surface area contributed by atoms with Crippen molar-refractivity contribution >= 4 is 11.8 Å². The maximum absolute atomic E-state index is 13.2. The lowest BCUT2D eigenvalue weighted by Gasteiger charge is -2.41. The molecule has 3 aliphatic heterocycles. The van der Waals surface area contributed by atoms with Gasteiger partial charge in [-0.15, -0.1) is 0 Å². The number of piperidine rings is 1. The minimum atomic E-state index is -0.417. The minimum Gasteiger partial charge on any atom is -0.348 e. The van der Waals surface area contributed by atoms with Gasteiger partial charge >= 0.3 is 0 Å². The first kappa shape index (κ1) is 22.1. The quantitative estimate of drug-likeness (QED) is 0.778. The van der Waals surface area contributed by atoms with Crippen molar-refractivity contribution in [3.63, 3.8) is 0 Å². The van der Waals surface area contributed by atoms with Gasteiger partial charge in [0.2, 0.25) is 11.8 Å². The first-order chi connectivity index (χ1) is 14.6. The van der Waals surface area contributed by atoms with Crippen LogP contribution >= 0.6 is 0 Å². The molecule has 4 heterocycles. The fourth-order valence-electron chi connectivity index (χ4n) is 5.37. The molecule has 170 valence electrons. The fraction of sp³-hybridized carbons (Fsp3) is 0.739. The number of rotatable bonds is 4. The zero-order valence-electron chi connectivity index (χ0n) is 19.3. The Morgan fingerprint density at radius 1 is 1.19 bits per heavy atom. The van der Waals surface area contributed by atoms with Crippen LogP contribution in [0.25, 0.3) is 0 Å². The molecule has 2 amide bonds. The Balaban J connectivity index is 1.38. The van der Waals surface area contributed by atoms with Crippen molar-refractivity contribution in [2.24, 2.45) is 5.41 Å². The Morgan fingerprint density at radius 2 is 1.87 bits per heavy atom. The molecule has 8 heteroatoms. The van der Waals surface area contributed by atoms with E-state index < -0.39 is 5.54 Å². The predicted molar refractivity (Wildman–Crippen MR) is 118 cm³/mol. The number of carbonyl (C=O) groups excluding carboxylic acids is 2. The van der Waals surface area contributed by atoms with E-state index in [9.17, 15) is 9.59 Å². The molecule has 0 bridgehead atoms. The van der Waals surface area contributed by atoms with Crippen LogP contribution in [0.3, 0.4) is 0 Å². The monoisotopic (exact) mass is 428 g/mol. The molecule has 1 aromatic heterocycles. The van der Waals surface area contributed by atoms with Gasteiger partial charge in [-0.25, -0.2) is 9.97 Å². The Bertz CT molecular complexity index is 772. The lowest BCUT2D eigenvalue weighted by molar-refractivity contribution is -0.135. The summed E-state index contributed by atoms with van der Waals surface area (Å²) in [6.45, 7) is 10.6. The molecule has 3 aliphatic rings. The number of carbonyl (C=O) groups is 2. The van der Waals surface area contributed by atoms with E-state index in [1.165, 1.54) is 0 Å². The molecular formula is C23H36N6O2. The van der Waals surface area contributed by atoms with Gasteiger partial charge in [0, 0.05) is 44.6 Å². The van der Waals surface area contributed by atoms with Crippen molar-refractivity contribution in [2.75, 3.05) is 33.2 Å². The van der Waals surface area contributed by atoms with Gasteiger partial charge in [0.15, 0.2) is 0 Å². The van der Waals surface area contributed by atoms with Crippen molar-refractivity contribution in [2.45, 2.75) is 70.6 Å². The molecule has 3 saturated heterocycles. The molecule has 1 N–H and O–H groups in total. The molecule has 2 atom stereocenters. The third-order valence-corrected chi connectivity index (χ3v) is 6.92. The van der Waals surface area contributed by atoms with Gasteiger partial charge in [0.05, 0.1) is 18.5 Å². The summed E-state index contributed by atoms with van der Waals surface area (Å²) in [6.07, 6.45) is 6.21. The van der Waals surface area contributed by atoms with Gasteiger partial charge in [0.25, 0.3) is 0 Å². The molecule has 0 aliphatic carbocycles.